The molecular weight excluding hydrogens is 497 g/mol. The number of hydrogen-bond donors (Lipinski definition) is 0. The number of nitrogens with zero attached hydrogens (tertiary/aromatic N) is 1. The minimum atomic E-state index is -0.145. The lowest BCUT2D eigenvalue weighted by atomic mass is 10.1. The Morgan fingerprint density at radius 1 is 1.33 bits per heavy atom. The van der Waals surface area contributed by atoms with Crippen molar-refractivity contribution in [3.8, 4) is 23.8 Å². The summed E-state index contributed by atoms with van der Waals surface area (Å²) in [4.78, 5) is 14.3. The molecule has 1 aliphatic heterocycles. The van der Waals surface area contributed by atoms with E-state index in [-0.39, 0.29) is 17.9 Å². The number of hydrogen-bond acceptors (Lipinski definition) is 4. The molecule has 27 heavy (non-hydrogen) atoms. The third kappa shape index (κ3) is 4.48. The molecule has 1 heterocycles. The summed E-state index contributed by atoms with van der Waals surface area (Å²) in [5.74, 6) is 4.22. The zero-order valence-electron chi connectivity index (χ0n) is 14.6. The largest absolute Gasteiger partial charge is 0.490 e. The summed E-state index contributed by atoms with van der Waals surface area (Å²) in [5, 5.41) is 0.492. The highest BCUT2D eigenvalue weighted by atomic mass is 127. The lowest BCUT2D eigenvalue weighted by Gasteiger charge is -2.25. The molecule has 2 aromatic rings. The van der Waals surface area contributed by atoms with Gasteiger partial charge in [-0.1, -0.05) is 17.5 Å². The first-order chi connectivity index (χ1) is 13.0. The maximum Gasteiger partial charge on any atom is 0.238 e. The smallest absolute Gasteiger partial charge is 0.238 e. The summed E-state index contributed by atoms with van der Waals surface area (Å²) in [6.45, 7) is 2.59. The highest BCUT2D eigenvalue weighted by molar-refractivity contribution is 14.1. The number of benzene rings is 2. The van der Waals surface area contributed by atoms with E-state index >= 15 is 0 Å². The Balaban J connectivity index is 1.99. The van der Waals surface area contributed by atoms with Crippen molar-refractivity contribution in [2.45, 2.75) is 12.3 Å². The van der Waals surface area contributed by atoms with Crippen LogP contribution in [0, 0.1) is 15.9 Å². The standard InChI is InChI=1S/C20H17ClINO3S/c1-3-9-26-19-16(22)10-13(11-17(19)25-4-2)20-23(18(24)12-27-20)15-7-5-14(21)6-8-15/h1,5-8,10-11,20H,4,9,12H2,2H3/t20-/m1/s1. The number of rotatable bonds is 6. The Morgan fingerprint density at radius 3 is 2.74 bits per heavy atom. The molecule has 0 aromatic heterocycles. The maximum absolute atomic E-state index is 12.5. The zero-order chi connectivity index (χ0) is 19.4. The van der Waals surface area contributed by atoms with Crippen LogP contribution >= 0.6 is 46.0 Å². The average Bonchev–Trinajstić information content (AvgIpc) is 3.03. The second-order valence-corrected chi connectivity index (χ2v) is 8.33. The fraction of sp³-hybridized carbons (Fsp3) is 0.250. The topological polar surface area (TPSA) is 38.8 Å². The second-order valence-electron chi connectivity index (χ2n) is 5.66. The predicted molar refractivity (Wildman–Crippen MR) is 119 cm³/mol. The van der Waals surface area contributed by atoms with E-state index in [0.717, 1.165) is 14.8 Å². The van der Waals surface area contributed by atoms with Crippen molar-refractivity contribution < 1.29 is 14.3 Å². The van der Waals surface area contributed by atoms with Crippen molar-refractivity contribution >= 4 is 57.5 Å². The third-order valence-corrected chi connectivity index (χ3v) is 6.15. The summed E-state index contributed by atoms with van der Waals surface area (Å²) in [6, 6.07) is 11.2. The minimum absolute atomic E-state index is 0.0629. The maximum atomic E-state index is 12.5. The van der Waals surface area contributed by atoms with Gasteiger partial charge in [-0.3, -0.25) is 9.69 Å². The first-order valence-electron chi connectivity index (χ1n) is 8.27. The van der Waals surface area contributed by atoms with Crippen LogP contribution in [-0.4, -0.2) is 24.9 Å². The van der Waals surface area contributed by atoms with E-state index in [0.29, 0.717) is 28.9 Å². The Bertz CT molecular complexity index is 882. The van der Waals surface area contributed by atoms with Crippen molar-refractivity contribution in [1.29, 1.82) is 0 Å². The van der Waals surface area contributed by atoms with Crippen molar-refractivity contribution in [3.63, 3.8) is 0 Å². The summed E-state index contributed by atoms with van der Waals surface area (Å²) < 4.78 is 12.3. The van der Waals surface area contributed by atoms with E-state index in [4.69, 9.17) is 27.5 Å². The number of halogens is 2. The molecule has 0 radical (unpaired) electrons. The Labute approximate surface area is 181 Å². The van der Waals surface area contributed by atoms with E-state index in [1.807, 2.05) is 31.2 Å². The van der Waals surface area contributed by atoms with Crippen LogP contribution in [0.2, 0.25) is 5.02 Å². The molecule has 1 amide bonds. The van der Waals surface area contributed by atoms with Crippen molar-refractivity contribution in [3.05, 3.63) is 50.6 Å². The molecule has 2 aromatic carbocycles. The van der Waals surface area contributed by atoms with Crippen LogP contribution in [0.4, 0.5) is 5.69 Å². The number of carbonyl (C=O) groups excluding carboxylic acids is 1. The summed E-state index contributed by atoms with van der Waals surface area (Å²) in [6.07, 6.45) is 5.31. The molecule has 3 rings (SSSR count). The van der Waals surface area contributed by atoms with Crippen LogP contribution in [0.25, 0.3) is 0 Å². The van der Waals surface area contributed by atoms with Crippen molar-refractivity contribution in [2.75, 3.05) is 23.9 Å². The highest BCUT2D eigenvalue weighted by Gasteiger charge is 2.35. The zero-order valence-corrected chi connectivity index (χ0v) is 18.3. The fourth-order valence-corrected chi connectivity index (χ4v) is 4.86. The molecule has 140 valence electrons. The molecule has 1 saturated heterocycles. The lowest BCUT2D eigenvalue weighted by molar-refractivity contribution is -0.115. The number of carbonyl (C=O) groups is 1. The molecule has 0 saturated carbocycles. The molecule has 0 aliphatic carbocycles. The van der Waals surface area contributed by atoms with Crippen LogP contribution in [0.1, 0.15) is 17.9 Å². The first-order valence-corrected chi connectivity index (χ1v) is 10.8. The lowest BCUT2D eigenvalue weighted by Crippen LogP contribution is -2.27. The van der Waals surface area contributed by atoms with Gasteiger partial charge in [0.2, 0.25) is 5.91 Å². The molecule has 0 unspecified atom stereocenters. The molecule has 1 atom stereocenters. The van der Waals surface area contributed by atoms with E-state index < -0.39 is 0 Å². The molecule has 0 spiro atoms. The first kappa shape index (κ1) is 20.2. The Morgan fingerprint density at radius 2 is 2.07 bits per heavy atom. The van der Waals surface area contributed by atoms with Crippen molar-refractivity contribution in [1.82, 2.24) is 0 Å². The number of amides is 1. The van der Waals surface area contributed by atoms with Gasteiger partial charge in [0.1, 0.15) is 12.0 Å². The Kier molecular flexibility index (Phi) is 6.79. The van der Waals surface area contributed by atoms with E-state index in [1.54, 1.807) is 28.8 Å². The predicted octanol–water partition coefficient (Wildman–Crippen LogP) is 5.13. The van der Waals surface area contributed by atoms with Gasteiger partial charge in [-0.25, -0.2) is 0 Å². The van der Waals surface area contributed by atoms with Gasteiger partial charge in [0, 0.05) is 10.7 Å². The summed E-state index contributed by atoms with van der Waals surface area (Å²) >= 11 is 9.78. The van der Waals surface area contributed by atoms with E-state index in [9.17, 15) is 4.79 Å². The monoisotopic (exact) mass is 513 g/mol. The quantitative estimate of drug-likeness (QED) is 0.396. The second kappa shape index (κ2) is 9.09. The van der Waals surface area contributed by atoms with Gasteiger partial charge in [0.25, 0.3) is 0 Å². The Hall–Kier alpha value is -1.56. The van der Waals surface area contributed by atoms with Gasteiger partial charge < -0.3 is 9.47 Å². The molecule has 0 bridgehead atoms. The fourth-order valence-electron chi connectivity index (χ4n) is 2.80. The van der Waals surface area contributed by atoms with Gasteiger partial charge >= 0.3 is 0 Å². The summed E-state index contributed by atoms with van der Waals surface area (Å²) in [7, 11) is 0. The third-order valence-electron chi connectivity index (χ3n) is 3.89. The van der Waals surface area contributed by atoms with Gasteiger partial charge in [-0.05, 0) is 71.5 Å². The van der Waals surface area contributed by atoms with Crippen LogP contribution < -0.4 is 14.4 Å². The van der Waals surface area contributed by atoms with Crippen LogP contribution in [0.15, 0.2) is 36.4 Å². The molecular formula is C20H17ClINO3S. The van der Waals surface area contributed by atoms with Crippen molar-refractivity contribution in [2.24, 2.45) is 0 Å². The summed E-state index contributed by atoms with van der Waals surface area (Å²) in [5.41, 5.74) is 1.79. The van der Waals surface area contributed by atoms with Gasteiger partial charge in [-0.15, -0.1) is 18.2 Å². The highest BCUT2D eigenvalue weighted by Crippen LogP contribution is 2.45. The van der Waals surface area contributed by atoms with Gasteiger partial charge in [-0.2, -0.15) is 0 Å². The van der Waals surface area contributed by atoms with Crippen LogP contribution in [-0.2, 0) is 4.79 Å². The normalized spacial score (nSPS) is 16.3. The molecule has 7 heteroatoms. The van der Waals surface area contributed by atoms with Crippen LogP contribution in [0.5, 0.6) is 11.5 Å². The number of terminal acetylenes is 1. The number of anilines is 1. The molecule has 1 aliphatic rings. The van der Waals surface area contributed by atoms with E-state index in [2.05, 4.69) is 28.5 Å². The molecule has 4 nitrogen and oxygen atoms in total. The SMILES string of the molecule is C#CCOc1c(I)cc([C@H]2SCC(=O)N2c2ccc(Cl)cc2)cc1OCC. The molecule has 0 N–H and O–H groups in total. The minimum Gasteiger partial charge on any atom is -0.490 e. The van der Waals surface area contributed by atoms with Gasteiger partial charge in [0.15, 0.2) is 11.5 Å². The van der Waals surface area contributed by atoms with Gasteiger partial charge in [0.05, 0.1) is 15.9 Å². The van der Waals surface area contributed by atoms with Crippen LogP contribution in [0.3, 0.4) is 0 Å². The molecule has 1 fully saturated rings. The average molecular weight is 514 g/mol. The van der Waals surface area contributed by atoms with E-state index in [1.165, 1.54) is 0 Å². The number of ether oxygens (including phenoxy) is 2. The number of thioether (sulfide) groups is 1.